The average Bonchev–Trinajstić information content (AvgIpc) is 2.68. The molecule has 2 aromatic heterocycles. The van der Waals surface area contributed by atoms with E-state index in [9.17, 15) is 0 Å². The molecule has 0 aliphatic rings. The first kappa shape index (κ1) is 11.2. The topological polar surface area (TPSA) is 53.6 Å². The van der Waals surface area contributed by atoms with Crippen LogP contribution in [0.15, 0.2) is 18.5 Å². The van der Waals surface area contributed by atoms with E-state index in [0.717, 1.165) is 17.1 Å². The Balaban J connectivity index is 2.15. The third kappa shape index (κ3) is 2.46. The fourth-order valence-electron chi connectivity index (χ4n) is 1.37. The van der Waals surface area contributed by atoms with Gasteiger partial charge in [-0.2, -0.15) is 0 Å². The van der Waals surface area contributed by atoms with Gasteiger partial charge in [0.2, 0.25) is 0 Å². The third-order valence-corrected chi connectivity index (χ3v) is 2.60. The number of nitrogens with zero attached hydrogens (tertiary/aromatic N) is 2. The molecule has 0 atom stereocenters. The van der Waals surface area contributed by atoms with Crippen molar-refractivity contribution in [2.45, 2.75) is 13.5 Å². The maximum Gasteiger partial charge on any atom is 0.154 e. The van der Waals surface area contributed by atoms with Gasteiger partial charge in [0.1, 0.15) is 11.0 Å². The van der Waals surface area contributed by atoms with Gasteiger partial charge in [-0.05, 0) is 18.6 Å². The normalized spacial score (nSPS) is 10.4. The minimum Gasteiger partial charge on any atom is -0.375 e. The van der Waals surface area contributed by atoms with Crippen LogP contribution in [0.25, 0.3) is 0 Å². The minimum absolute atomic E-state index is 0.372. The van der Waals surface area contributed by atoms with Gasteiger partial charge < -0.3 is 10.3 Å². The number of aromatic amines is 1. The highest BCUT2D eigenvalue weighted by Crippen LogP contribution is 2.26. The van der Waals surface area contributed by atoms with Gasteiger partial charge in [-0.3, -0.25) is 0 Å². The van der Waals surface area contributed by atoms with E-state index in [-0.39, 0.29) is 0 Å². The molecule has 0 spiro atoms. The van der Waals surface area contributed by atoms with Crippen LogP contribution in [0.5, 0.6) is 0 Å². The summed E-state index contributed by atoms with van der Waals surface area (Å²) in [5.41, 5.74) is 1.74. The number of hydrogen-bond donors (Lipinski definition) is 2. The Morgan fingerprint density at radius 1 is 1.44 bits per heavy atom. The molecular formula is C10H10Cl2N4. The Morgan fingerprint density at radius 2 is 2.25 bits per heavy atom. The summed E-state index contributed by atoms with van der Waals surface area (Å²) in [5.74, 6) is 0.838. The molecule has 0 aliphatic heterocycles. The van der Waals surface area contributed by atoms with Crippen molar-refractivity contribution in [2.75, 3.05) is 5.32 Å². The largest absolute Gasteiger partial charge is 0.375 e. The van der Waals surface area contributed by atoms with Gasteiger partial charge in [-0.1, -0.05) is 23.2 Å². The molecule has 0 aromatic carbocycles. The molecule has 0 saturated heterocycles. The van der Waals surface area contributed by atoms with E-state index in [1.165, 1.54) is 0 Å². The zero-order valence-corrected chi connectivity index (χ0v) is 10.1. The lowest BCUT2D eigenvalue weighted by molar-refractivity contribution is 0.994. The maximum absolute atomic E-state index is 5.99. The lowest BCUT2D eigenvalue weighted by atomic mass is 10.2. The Labute approximate surface area is 103 Å². The lowest BCUT2D eigenvalue weighted by Crippen LogP contribution is -2.04. The summed E-state index contributed by atoms with van der Waals surface area (Å²) in [6.07, 6.45) is 3.47. The number of aryl methyl sites for hydroxylation is 1. The SMILES string of the molecule is Cc1cc(Cl)nc(Cl)c1NCc1ncc[nH]1. The summed E-state index contributed by atoms with van der Waals surface area (Å²) >= 11 is 11.8. The van der Waals surface area contributed by atoms with Gasteiger partial charge in [0.15, 0.2) is 5.15 Å². The first-order valence-electron chi connectivity index (χ1n) is 4.71. The number of halogens is 2. The highest BCUT2D eigenvalue weighted by atomic mass is 35.5. The van der Waals surface area contributed by atoms with E-state index in [1.54, 1.807) is 18.5 Å². The van der Waals surface area contributed by atoms with Crippen LogP contribution in [0.2, 0.25) is 10.3 Å². The molecule has 16 heavy (non-hydrogen) atoms. The van der Waals surface area contributed by atoms with Crippen molar-refractivity contribution in [2.24, 2.45) is 0 Å². The fourth-order valence-corrected chi connectivity index (χ4v) is 1.97. The summed E-state index contributed by atoms with van der Waals surface area (Å²) in [4.78, 5) is 11.1. The number of hydrogen-bond acceptors (Lipinski definition) is 3. The summed E-state index contributed by atoms with van der Waals surface area (Å²) in [5, 5.41) is 3.93. The number of pyridine rings is 1. The van der Waals surface area contributed by atoms with E-state index in [2.05, 4.69) is 20.3 Å². The van der Waals surface area contributed by atoms with E-state index in [1.807, 2.05) is 6.92 Å². The first-order chi connectivity index (χ1) is 7.66. The first-order valence-corrected chi connectivity index (χ1v) is 5.47. The van der Waals surface area contributed by atoms with Crippen LogP contribution in [-0.4, -0.2) is 15.0 Å². The van der Waals surface area contributed by atoms with E-state index in [0.29, 0.717) is 16.9 Å². The second-order valence-corrected chi connectivity index (χ2v) is 4.06. The number of anilines is 1. The van der Waals surface area contributed by atoms with Gasteiger partial charge in [0.25, 0.3) is 0 Å². The molecule has 0 bridgehead atoms. The van der Waals surface area contributed by atoms with Crippen molar-refractivity contribution in [3.63, 3.8) is 0 Å². The van der Waals surface area contributed by atoms with E-state index in [4.69, 9.17) is 23.2 Å². The highest BCUT2D eigenvalue weighted by molar-refractivity contribution is 6.34. The van der Waals surface area contributed by atoms with Crippen LogP contribution in [0.4, 0.5) is 5.69 Å². The smallest absolute Gasteiger partial charge is 0.154 e. The van der Waals surface area contributed by atoms with Gasteiger partial charge in [-0.15, -0.1) is 0 Å². The second-order valence-electron chi connectivity index (χ2n) is 3.32. The molecule has 6 heteroatoms. The molecule has 2 heterocycles. The Hall–Kier alpha value is -1.26. The number of rotatable bonds is 3. The number of aromatic nitrogens is 3. The lowest BCUT2D eigenvalue weighted by Gasteiger charge is -2.09. The zero-order chi connectivity index (χ0) is 11.5. The summed E-state index contributed by atoms with van der Waals surface area (Å²) in [7, 11) is 0. The number of nitrogens with one attached hydrogen (secondary N) is 2. The van der Waals surface area contributed by atoms with E-state index < -0.39 is 0 Å². The molecule has 0 saturated carbocycles. The van der Waals surface area contributed by atoms with Crippen molar-refractivity contribution >= 4 is 28.9 Å². The van der Waals surface area contributed by atoms with Crippen LogP contribution in [0, 0.1) is 6.92 Å². The van der Waals surface area contributed by atoms with Crippen LogP contribution < -0.4 is 5.32 Å². The van der Waals surface area contributed by atoms with Gasteiger partial charge in [0, 0.05) is 12.4 Å². The van der Waals surface area contributed by atoms with E-state index >= 15 is 0 Å². The van der Waals surface area contributed by atoms with Crippen molar-refractivity contribution in [3.05, 3.63) is 40.2 Å². The number of imidazole rings is 1. The molecule has 0 radical (unpaired) electrons. The molecule has 0 fully saturated rings. The second kappa shape index (κ2) is 4.72. The Bertz CT molecular complexity index is 459. The highest BCUT2D eigenvalue weighted by Gasteiger charge is 2.07. The van der Waals surface area contributed by atoms with Gasteiger partial charge in [-0.25, -0.2) is 9.97 Å². The number of H-pyrrole nitrogens is 1. The Kier molecular flexibility index (Phi) is 3.31. The Morgan fingerprint density at radius 3 is 2.88 bits per heavy atom. The zero-order valence-electron chi connectivity index (χ0n) is 8.59. The molecule has 2 rings (SSSR count). The minimum atomic E-state index is 0.372. The quantitative estimate of drug-likeness (QED) is 0.831. The molecule has 2 aromatic rings. The van der Waals surface area contributed by atoms with Crippen molar-refractivity contribution < 1.29 is 0 Å². The molecular weight excluding hydrogens is 247 g/mol. The monoisotopic (exact) mass is 256 g/mol. The van der Waals surface area contributed by atoms with Gasteiger partial charge in [0.05, 0.1) is 12.2 Å². The summed E-state index contributed by atoms with van der Waals surface area (Å²) < 4.78 is 0. The van der Waals surface area contributed by atoms with Crippen LogP contribution in [-0.2, 0) is 6.54 Å². The van der Waals surface area contributed by atoms with Crippen LogP contribution in [0.3, 0.4) is 0 Å². The fraction of sp³-hybridized carbons (Fsp3) is 0.200. The predicted molar refractivity (Wildman–Crippen MR) is 64.9 cm³/mol. The van der Waals surface area contributed by atoms with Crippen LogP contribution in [0.1, 0.15) is 11.4 Å². The predicted octanol–water partition coefficient (Wildman–Crippen LogP) is 3.03. The van der Waals surface area contributed by atoms with Crippen molar-refractivity contribution in [1.82, 2.24) is 15.0 Å². The molecule has 0 aliphatic carbocycles. The van der Waals surface area contributed by atoms with Gasteiger partial charge >= 0.3 is 0 Å². The molecule has 0 unspecified atom stereocenters. The van der Waals surface area contributed by atoms with Crippen molar-refractivity contribution in [3.8, 4) is 0 Å². The summed E-state index contributed by atoms with van der Waals surface area (Å²) in [6.45, 7) is 2.49. The molecule has 0 amide bonds. The van der Waals surface area contributed by atoms with Crippen molar-refractivity contribution in [1.29, 1.82) is 0 Å². The maximum atomic E-state index is 5.99. The average molecular weight is 257 g/mol. The third-order valence-electron chi connectivity index (χ3n) is 2.13. The summed E-state index contributed by atoms with van der Waals surface area (Å²) in [6, 6.07) is 1.76. The standard InChI is InChI=1S/C10H10Cl2N4/c1-6-4-7(11)16-10(12)9(6)15-5-8-13-2-3-14-8/h2-4,15H,5H2,1H3,(H,13,14). The van der Waals surface area contributed by atoms with Crippen LogP contribution >= 0.6 is 23.2 Å². The molecule has 2 N–H and O–H groups in total. The molecule has 4 nitrogen and oxygen atoms in total. The molecule has 84 valence electrons.